The summed E-state index contributed by atoms with van der Waals surface area (Å²) in [5.74, 6) is -0.0403. The molecule has 0 aromatic heterocycles. The molecule has 0 saturated carbocycles. The first-order valence-corrected chi connectivity index (χ1v) is 8.50. The number of rotatable bonds is 5. The van der Waals surface area contributed by atoms with E-state index in [4.69, 9.17) is 0 Å². The number of aryl methyl sites for hydroxylation is 1. The maximum atomic E-state index is 12.7. The Hall–Kier alpha value is -2.08. The lowest BCUT2D eigenvalue weighted by molar-refractivity contribution is 0.0587. The van der Waals surface area contributed by atoms with E-state index in [2.05, 4.69) is 10.6 Å². The average Bonchev–Trinajstić information content (AvgIpc) is 3.07. The predicted octanol–water partition coefficient (Wildman–Crippen LogP) is 2.51. The van der Waals surface area contributed by atoms with Crippen LogP contribution < -0.4 is 10.6 Å². The van der Waals surface area contributed by atoms with Gasteiger partial charge in [0.1, 0.15) is 0 Å². The maximum absolute atomic E-state index is 12.7. The number of amides is 3. The number of hydrogen-bond donors (Lipinski definition) is 3. The molecule has 0 aliphatic carbocycles. The van der Waals surface area contributed by atoms with Crippen molar-refractivity contribution >= 4 is 17.6 Å². The van der Waals surface area contributed by atoms with Crippen LogP contribution in [0.3, 0.4) is 0 Å². The molecule has 0 radical (unpaired) electrons. The first-order chi connectivity index (χ1) is 11.3. The van der Waals surface area contributed by atoms with Gasteiger partial charge in [-0.05, 0) is 44.7 Å². The van der Waals surface area contributed by atoms with Crippen LogP contribution in [0, 0.1) is 6.92 Å². The summed E-state index contributed by atoms with van der Waals surface area (Å²) in [6.45, 7) is 7.07. The minimum Gasteiger partial charge on any atom is -0.388 e. The first kappa shape index (κ1) is 18.3. The van der Waals surface area contributed by atoms with Gasteiger partial charge in [0, 0.05) is 19.6 Å². The molecule has 1 unspecified atom stereocenters. The van der Waals surface area contributed by atoms with E-state index >= 15 is 0 Å². The molecule has 1 aromatic rings. The number of likely N-dealkylation sites (tertiary alicyclic amines) is 1. The molecule has 0 spiro atoms. The SMILES string of the molecule is CCC(C)(O)CNC(=O)Nc1cccc(C)c1C(=O)N1CCCC1. The smallest absolute Gasteiger partial charge is 0.319 e. The lowest BCUT2D eigenvalue weighted by Gasteiger charge is -2.23. The fraction of sp³-hybridized carbons (Fsp3) is 0.556. The van der Waals surface area contributed by atoms with Gasteiger partial charge in [-0.3, -0.25) is 4.79 Å². The number of hydrogen-bond acceptors (Lipinski definition) is 3. The van der Waals surface area contributed by atoms with Gasteiger partial charge in [0.05, 0.1) is 16.9 Å². The van der Waals surface area contributed by atoms with Gasteiger partial charge < -0.3 is 20.6 Å². The van der Waals surface area contributed by atoms with Gasteiger partial charge in [-0.25, -0.2) is 4.79 Å². The van der Waals surface area contributed by atoms with Gasteiger partial charge in [0.2, 0.25) is 0 Å². The number of urea groups is 1. The first-order valence-electron chi connectivity index (χ1n) is 8.50. The lowest BCUT2D eigenvalue weighted by atomic mass is 10.0. The van der Waals surface area contributed by atoms with Crippen molar-refractivity contribution in [1.29, 1.82) is 0 Å². The molecule has 6 heteroatoms. The van der Waals surface area contributed by atoms with Gasteiger partial charge >= 0.3 is 6.03 Å². The van der Waals surface area contributed by atoms with E-state index in [9.17, 15) is 14.7 Å². The van der Waals surface area contributed by atoms with E-state index in [-0.39, 0.29) is 12.5 Å². The van der Waals surface area contributed by atoms with Crippen molar-refractivity contribution in [2.45, 2.75) is 45.6 Å². The van der Waals surface area contributed by atoms with Gasteiger partial charge in [0.15, 0.2) is 0 Å². The molecule has 2 rings (SSSR count). The third-order valence-corrected chi connectivity index (χ3v) is 4.52. The largest absolute Gasteiger partial charge is 0.388 e. The average molecular weight is 333 g/mol. The van der Waals surface area contributed by atoms with Crippen LogP contribution >= 0.6 is 0 Å². The molecule has 6 nitrogen and oxygen atoms in total. The number of benzene rings is 1. The summed E-state index contributed by atoms with van der Waals surface area (Å²) in [7, 11) is 0. The summed E-state index contributed by atoms with van der Waals surface area (Å²) < 4.78 is 0. The van der Waals surface area contributed by atoms with Crippen molar-refractivity contribution in [2.24, 2.45) is 0 Å². The minimum atomic E-state index is -0.946. The van der Waals surface area contributed by atoms with Crippen LogP contribution in [0.2, 0.25) is 0 Å². The summed E-state index contributed by atoms with van der Waals surface area (Å²) in [6, 6.07) is 4.99. The van der Waals surface area contributed by atoms with Crippen molar-refractivity contribution in [1.82, 2.24) is 10.2 Å². The lowest BCUT2D eigenvalue weighted by Crippen LogP contribution is -2.42. The van der Waals surface area contributed by atoms with Gasteiger partial charge in [0.25, 0.3) is 5.91 Å². The molecule has 1 saturated heterocycles. The van der Waals surface area contributed by atoms with Crippen molar-refractivity contribution in [3.63, 3.8) is 0 Å². The molecule has 24 heavy (non-hydrogen) atoms. The summed E-state index contributed by atoms with van der Waals surface area (Å²) in [4.78, 5) is 26.7. The Labute approximate surface area is 143 Å². The van der Waals surface area contributed by atoms with Crippen molar-refractivity contribution < 1.29 is 14.7 Å². The highest BCUT2D eigenvalue weighted by Crippen LogP contribution is 2.23. The zero-order valence-electron chi connectivity index (χ0n) is 14.7. The Bertz CT molecular complexity index is 608. The van der Waals surface area contributed by atoms with Crippen LogP contribution in [0.5, 0.6) is 0 Å². The number of nitrogens with one attached hydrogen (secondary N) is 2. The fourth-order valence-corrected chi connectivity index (χ4v) is 2.70. The molecular weight excluding hydrogens is 306 g/mol. The quantitative estimate of drug-likeness (QED) is 0.774. The zero-order valence-corrected chi connectivity index (χ0v) is 14.7. The Morgan fingerprint density at radius 3 is 2.58 bits per heavy atom. The summed E-state index contributed by atoms with van der Waals surface area (Å²) in [5, 5.41) is 15.4. The number of nitrogens with zero attached hydrogens (tertiary/aromatic N) is 1. The predicted molar refractivity (Wildman–Crippen MR) is 94.3 cm³/mol. The van der Waals surface area contributed by atoms with Crippen LogP contribution in [0.25, 0.3) is 0 Å². The van der Waals surface area contributed by atoms with E-state index in [0.717, 1.165) is 31.5 Å². The highest BCUT2D eigenvalue weighted by Gasteiger charge is 2.24. The molecule has 1 atom stereocenters. The van der Waals surface area contributed by atoms with E-state index in [1.54, 1.807) is 13.0 Å². The van der Waals surface area contributed by atoms with Crippen LogP contribution in [-0.2, 0) is 0 Å². The molecule has 1 heterocycles. The van der Waals surface area contributed by atoms with Gasteiger partial charge in [-0.15, -0.1) is 0 Å². The number of carbonyl (C=O) groups excluding carboxylic acids is 2. The van der Waals surface area contributed by atoms with Crippen molar-refractivity contribution in [3.05, 3.63) is 29.3 Å². The topological polar surface area (TPSA) is 81.7 Å². The summed E-state index contributed by atoms with van der Waals surface area (Å²) in [6.07, 6.45) is 2.58. The Morgan fingerprint density at radius 2 is 1.96 bits per heavy atom. The van der Waals surface area contributed by atoms with Gasteiger partial charge in [-0.2, -0.15) is 0 Å². The third kappa shape index (κ3) is 4.47. The molecule has 3 N–H and O–H groups in total. The van der Waals surface area contributed by atoms with Crippen LogP contribution in [0.15, 0.2) is 18.2 Å². The second-order valence-electron chi connectivity index (χ2n) is 6.65. The van der Waals surface area contributed by atoms with Crippen LogP contribution in [-0.4, -0.2) is 47.2 Å². The number of aliphatic hydroxyl groups is 1. The molecular formula is C18H27N3O3. The van der Waals surface area contributed by atoms with Gasteiger partial charge in [-0.1, -0.05) is 19.1 Å². The van der Waals surface area contributed by atoms with E-state index < -0.39 is 11.6 Å². The molecule has 132 valence electrons. The fourth-order valence-electron chi connectivity index (χ4n) is 2.70. The molecule has 1 aromatic carbocycles. The highest BCUT2D eigenvalue weighted by molar-refractivity contribution is 6.04. The Kier molecular flexibility index (Phi) is 5.83. The monoisotopic (exact) mass is 333 g/mol. The van der Waals surface area contributed by atoms with E-state index in [1.165, 1.54) is 0 Å². The van der Waals surface area contributed by atoms with Crippen LogP contribution in [0.4, 0.5) is 10.5 Å². The second kappa shape index (κ2) is 7.66. The van der Waals surface area contributed by atoms with E-state index in [0.29, 0.717) is 17.7 Å². The second-order valence-corrected chi connectivity index (χ2v) is 6.65. The molecule has 1 aliphatic rings. The summed E-state index contributed by atoms with van der Waals surface area (Å²) >= 11 is 0. The standard InChI is InChI=1S/C18H27N3O3/c1-4-18(3,24)12-19-17(23)20-14-9-7-8-13(2)15(14)16(22)21-10-5-6-11-21/h7-9,24H,4-6,10-12H2,1-3H3,(H2,19,20,23). The third-order valence-electron chi connectivity index (χ3n) is 4.52. The zero-order chi connectivity index (χ0) is 17.7. The summed E-state index contributed by atoms with van der Waals surface area (Å²) in [5.41, 5.74) is 0.931. The van der Waals surface area contributed by atoms with Crippen molar-refractivity contribution in [2.75, 3.05) is 25.0 Å². The highest BCUT2D eigenvalue weighted by atomic mass is 16.3. The molecule has 1 fully saturated rings. The number of anilines is 1. The normalized spacial score (nSPS) is 16.6. The van der Waals surface area contributed by atoms with Crippen molar-refractivity contribution in [3.8, 4) is 0 Å². The van der Waals surface area contributed by atoms with E-state index in [1.807, 2.05) is 30.9 Å². The molecule has 0 bridgehead atoms. The molecule has 1 aliphatic heterocycles. The Morgan fingerprint density at radius 1 is 1.29 bits per heavy atom. The van der Waals surface area contributed by atoms with Crippen LogP contribution in [0.1, 0.15) is 49.0 Å². The Balaban J connectivity index is 2.11. The minimum absolute atomic E-state index is 0.0403. The maximum Gasteiger partial charge on any atom is 0.319 e. The molecule has 3 amide bonds. The number of carbonyl (C=O) groups is 2.